The number of halogens is 1. The molecule has 0 aliphatic carbocycles. The SMILES string of the molecule is Cc1ccc(NC(=O)C=Cc2ccc(C(C)(C)C)cc2)c(Br)c1. The van der Waals surface area contributed by atoms with E-state index < -0.39 is 0 Å². The maximum absolute atomic E-state index is 12.0. The Bertz CT molecular complexity index is 724. The zero-order chi connectivity index (χ0) is 17.0. The van der Waals surface area contributed by atoms with E-state index in [9.17, 15) is 4.79 Å². The number of aryl methyl sites for hydroxylation is 1. The molecule has 1 N–H and O–H groups in total. The van der Waals surface area contributed by atoms with Crippen molar-refractivity contribution in [3.8, 4) is 0 Å². The quantitative estimate of drug-likeness (QED) is 0.688. The molecule has 0 saturated carbocycles. The standard InChI is InChI=1S/C20H22BrNO/c1-14-5-11-18(17(21)13-14)22-19(23)12-8-15-6-9-16(10-7-15)20(2,3)4/h5-13H,1-4H3,(H,22,23). The summed E-state index contributed by atoms with van der Waals surface area (Å²) in [5.41, 5.74) is 4.34. The molecule has 2 aromatic rings. The number of hydrogen-bond acceptors (Lipinski definition) is 1. The van der Waals surface area contributed by atoms with E-state index in [4.69, 9.17) is 0 Å². The number of hydrogen-bond donors (Lipinski definition) is 1. The van der Waals surface area contributed by atoms with Crippen LogP contribution in [0, 0.1) is 6.92 Å². The molecule has 3 heteroatoms. The summed E-state index contributed by atoms with van der Waals surface area (Å²) < 4.78 is 0.883. The molecule has 0 aromatic heterocycles. The van der Waals surface area contributed by atoms with Gasteiger partial charge in [0.25, 0.3) is 0 Å². The van der Waals surface area contributed by atoms with Gasteiger partial charge in [0.15, 0.2) is 0 Å². The topological polar surface area (TPSA) is 29.1 Å². The van der Waals surface area contributed by atoms with E-state index in [-0.39, 0.29) is 11.3 Å². The van der Waals surface area contributed by atoms with E-state index in [1.165, 1.54) is 5.56 Å². The molecular weight excluding hydrogens is 350 g/mol. The Hall–Kier alpha value is -1.87. The first-order valence-electron chi connectivity index (χ1n) is 7.61. The van der Waals surface area contributed by atoms with Crippen LogP contribution in [0.2, 0.25) is 0 Å². The smallest absolute Gasteiger partial charge is 0.248 e. The number of rotatable bonds is 3. The van der Waals surface area contributed by atoms with Crippen LogP contribution >= 0.6 is 15.9 Å². The Morgan fingerprint density at radius 1 is 1.09 bits per heavy atom. The van der Waals surface area contributed by atoms with Crippen molar-refractivity contribution in [3.63, 3.8) is 0 Å². The highest BCUT2D eigenvalue weighted by Crippen LogP contribution is 2.24. The third kappa shape index (κ3) is 5.07. The summed E-state index contributed by atoms with van der Waals surface area (Å²) in [5, 5.41) is 2.87. The third-order valence-corrected chi connectivity index (χ3v) is 4.24. The molecule has 0 aliphatic heterocycles. The average Bonchev–Trinajstić information content (AvgIpc) is 2.47. The fraction of sp³-hybridized carbons (Fsp3) is 0.250. The molecular formula is C20H22BrNO. The van der Waals surface area contributed by atoms with Gasteiger partial charge < -0.3 is 5.32 Å². The van der Waals surface area contributed by atoms with Gasteiger partial charge in [-0.1, -0.05) is 51.1 Å². The number of benzene rings is 2. The Kier molecular flexibility index (Phi) is 5.42. The van der Waals surface area contributed by atoms with Gasteiger partial charge >= 0.3 is 0 Å². The lowest BCUT2D eigenvalue weighted by atomic mass is 9.87. The lowest BCUT2D eigenvalue weighted by Gasteiger charge is -2.18. The van der Waals surface area contributed by atoms with Gasteiger partial charge in [-0.2, -0.15) is 0 Å². The molecule has 2 aromatic carbocycles. The number of nitrogens with one attached hydrogen (secondary N) is 1. The number of amides is 1. The van der Waals surface area contributed by atoms with Crippen LogP contribution in [-0.4, -0.2) is 5.91 Å². The van der Waals surface area contributed by atoms with Crippen LogP contribution in [0.1, 0.15) is 37.5 Å². The molecule has 0 heterocycles. The molecule has 0 unspecified atom stereocenters. The van der Waals surface area contributed by atoms with E-state index in [0.29, 0.717) is 0 Å². The van der Waals surface area contributed by atoms with Crippen LogP contribution in [0.5, 0.6) is 0 Å². The van der Waals surface area contributed by atoms with Gasteiger partial charge in [-0.3, -0.25) is 4.79 Å². The van der Waals surface area contributed by atoms with E-state index in [2.05, 4.69) is 54.2 Å². The summed E-state index contributed by atoms with van der Waals surface area (Å²) in [5.74, 6) is -0.144. The van der Waals surface area contributed by atoms with Crippen molar-refractivity contribution in [1.82, 2.24) is 0 Å². The molecule has 0 spiro atoms. The molecule has 0 saturated heterocycles. The lowest BCUT2D eigenvalue weighted by Crippen LogP contribution is -2.10. The molecule has 0 atom stereocenters. The molecule has 2 rings (SSSR count). The molecule has 23 heavy (non-hydrogen) atoms. The first kappa shape index (κ1) is 17.5. The van der Waals surface area contributed by atoms with Crippen molar-refractivity contribution in [2.75, 3.05) is 5.32 Å². The first-order valence-corrected chi connectivity index (χ1v) is 8.41. The molecule has 120 valence electrons. The number of carbonyl (C=O) groups is 1. The van der Waals surface area contributed by atoms with Gasteiger partial charge in [0, 0.05) is 10.5 Å². The van der Waals surface area contributed by atoms with Gasteiger partial charge in [-0.25, -0.2) is 0 Å². The van der Waals surface area contributed by atoms with Crippen molar-refractivity contribution in [1.29, 1.82) is 0 Å². The van der Waals surface area contributed by atoms with Gasteiger partial charge in [0.2, 0.25) is 5.91 Å². The van der Waals surface area contributed by atoms with Crippen molar-refractivity contribution in [3.05, 3.63) is 69.7 Å². The predicted octanol–water partition coefficient (Wildman–Crippen LogP) is 5.71. The van der Waals surface area contributed by atoms with Crippen molar-refractivity contribution < 1.29 is 4.79 Å². The molecule has 0 radical (unpaired) electrons. The van der Waals surface area contributed by atoms with Crippen molar-refractivity contribution >= 4 is 33.6 Å². The van der Waals surface area contributed by atoms with Crippen LogP contribution in [0.4, 0.5) is 5.69 Å². The lowest BCUT2D eigenvalue weighted by molar-refractivity contribution is -0.111. The zero-order valence-electron chi connectivity index (χ0n) is 14.0. The fourth-order valence-electron chi connectivity index (χ4n) is 2.16. The Morgan fingerprint density at radius 2 is 1.74 bits per heavy atom. The monoisotopic (exact) mass is 371 g/mol. The first-order chi connectivity index (χ1) is 10.8. The molecule has 0 fully saturated rings. The normalized spacial score (nSPS) is 11.7. The van der Waals surface area contributed by atoms with E-state index in [0.717, 1.165) is 21.3 Å². The molecule has 0 bridgehead atoms. The predicted molar refractivity (Wildman–Crippen MR) is 102 cm³/mol. The van der Waals surface area contributed by atoms with Gasteiger partial charge in [-0.05, 0) is 63.2 Å². The molecule has 2 nitrogen and oxygen atoms in total. The summed E-state index contributed by atoms with van der Waals surface area (Å²) in [7, 11) is 0. The fourth-order valence-corrected chi connectivity index (χ4v) is 2.75. The zero-order valence-corrected chi connectivity index (χ0v) is 15.6. The van der Waals surface area contributed by atoms with Gasteiger partial charge in [-0.15, -0.1) is 0 Å². The minimum atomic E-state index is -0.144. The molecule has 0 aliphatic rings. The summed E-state index contributed by atoms with van der Waals surface area (Å²) in [6, 6.07) is 14.1. The van der Waals surface area contributed by atoms with E-state index in [1.807, 2.05) is 43.3 Å². The minimum Gasteiger partial charge on any atom is -0.321 e. The highest BCUT2D eigenvalue weighted by atomic mass is 79.9. The maximum atomic E-state index is 12.0. The minimum absolute atomic E-state index is 0.136. The maximum Gasteiger partial charge on any atom is 0.248 e. The largest absolute Gasteiger partial charge is 0.321 e. The highest BCUT2D eigenvalue weighted by molar-refractivity contribution is 9.10. The number of carbonyl (C=O) groups excluding carboxylic acids is 1. The summed E-state index contributed by atoms with van der Waals surface area (Å²) in [6.07, 6.45) is 3.38. The van der Waals surface area contributed by atoms with Crippen LogP contribution in [0.3, 0.4) is 0 Å². The summed E-state index contributed by atoms with van der Waals surface area (Å²) in [4.78, 5) is 12.0. The van der Waals surface area contributed by atoms with Gasteiger partial charge in [0.05, 0.1) is 5.69 Å². The summed E-state index contributed by atoms with van der Waals surface area (Å²) >= 11 is 3.46. The summed E-state index contributed by atoms with van der Waals surface area (Å²) in [6.45, 7) is 8.57. The average molecular weight is 372 g/mol. The van der Waals surface area contributed by atoms with E-state index in [1.54, 1.807) is 6.08 Å². The van der Waals surface area contributed by atoms with Gasteiger partial charge in [0.1, 0.15) is 0 Å². The third-order valence-electron chi connectivity index (χ3n) is 3.59. The highest BCUT2D eigenvalue weighted by Gasteiger charge is 2.12. The Balaban J connectivity index is 2.03. The van der Waals surface area contributed by atoms with Crippen molar-refractivity contribution in [2.24, 2.45) is 0 Å². The number of anilines is 1. The Morgan fingerprint density at radius 3 is 2.30 bits per heavy atom. The van der Waals surface area contributed by atoms with Crippen LogP contribution in [0.25, 0.3) is 6.08 Å². The van der Waals surface area contributed by atoms with Crippen LogP contribution in [-0.2, 0) is 10.2 Å². The van der Waals surface area contributed by atoms with Crippen molar-refractivity contribution in [2.45, 2.75) is 33.1 Å². The van der Waals surface area contributed by atoms with Crippen LogP contribution < -0.4 is 5.32 Å². The van der Waals surface area contributed by atoms with E-state index >= 15 is 0 Å². The van der Waals surface area contributed by atoms with Crippen LogP contribution in [0.15, 0.2) is 53.0 Å². The second-order valence-corrected chi connectivity index (χ2v) is 7.53. The second-order valence-electron chi connectivity index (χ2n) is 6.68. The molecule has 1 amide bonds. The Labute approximate surface area is 146 Å². The second kappa shape index (κ2) is 7.14.